The Balaban J connectivity index is 2.68. The molecule has 0 amide bonds. The monoisotopic (exact) mass is 278 g/mol. The Kier molecular flexibility index (Phi) is 3.25. The van der Waals surface area contributed by atoms with Crippen LogP contribution >= 0.6 is 11.3 Å². The highest BCUT2D eigenvalue weighted by atomic mass is 32.1. The van der Waals surface area contributed by atoms with E-state index < -0.39 is 39.3 Å². The molecule has 1 heterocycles. The van der Waals surface area contributed by atoms with Crippen LogP contribution in [0.25, 0.3) is 10.1 Å². The number of ether oxygens (including phenoxy) is 1. The van der Waals surface area contributed by atoms with Crippen molar-refractivity contribution in [1.82, 2.24) is 0 Å². The molecule has 96 valence electrons. The maximum absolute atomic E-state index is 13.4. The molecule has 0 N–H and O–H groups in total. The minimum absolute atomic E-state index is 0.0841. The van der Waals surface area contributed by atoms with Gasteiger partial charge >= 0.3 is 5.97 Å². The van der Waals surface area contributed by atoms with Crippen molar-refractivity contribution >= 4 is 27.4 Å². The molecule has 0 saturated heterocycles. The Morgan fingerprint density at radius 1 is 1.17 bits per heavy atom. The van der Waals surface area contributed by atoms with Gasteiger partial charge in [0.1, 0.15) is 4.88 Å². The quantitative estimate of drug-likeness (QED) is 0.363. The Morgan fingerprint density at radius 3 is 2.39 bits per heavy atom. The van der Waals surface area contributed by atoms with Crippen molar-refractivity contribution in [2.45, 2.75) is 6.92 Å². The molecule has 0 fully saturated rings. The zero-order chi connectivity index (χ0) is 13.4. The van der Waals surface area contributed by atoms with Crippen molar-refractivity contribution in [3.8, 4) is 0 Å². The van der Waals surface area contributed by atoms with E-state index in [1.54, 1.807) is 6.92 Å². The van der Waals surface area contributed by atoms with Gasteiger partial charge in [-0.1, -0.05) is 0 Å². The number of carbonyl (C=O) groups is 1. The second-order valence-electron chi connectivity index (χ2n) is 3.33. The molecule has 2 nitrogen and oxygen atoms in total. The predicted molar refractivity (Wildman–Crippen MR) is 57.6 cm³/mol. The number of hydrogen-bond acceptors (Lipinski definition) is 3. The lowest BCUT2D eigenvalue weighted by atomic mass is 10.2. The Bertz CT molecular complexity index is 591. The summed E-state index contributed by atoms with van der Waals surface area (Å²) < 4.78 is 56.9. The van der Waals surface area contributed by atoms with Crippen molar-refractivity contribution in [2.75, 3.05) is 6.61 Å². The fourth-order valence-corrected chi connectivity index (χ4v) is 2.41. The number of esters is 1. The average Bonchev–Trinajstić information content (AvgIpc) is 2.79. The third-order valence-electron chi connectivity index (χ3n) is 2.22. The van der Waals surface area contributed by atoms with Gasteiger partial charge in [-0.15, -0.1) is 11.3 Å². The van der Waals surface area contributed by atoms with Crippen LogP contribution in [0, 0.1) is 23.3 Å². The number of carbonyl (C=O) groups excluding carboxylic acids is 1. The van der Waals surface area contributed by atoms with Crippen molar-refractivity contribution in [2.24, 2.45) is 0 Å². The van der Waals surface area contributed by atoms with Crippen LogP contribution in [-0.2, 0) is 4.74 Å². The first-order chi connectivity index (χ1) is 8.47. The summed E-state index contributed by atoms with van der Waals surface area (Å²) in [6, 6.07) is 0.943. The zero-order valence-electron chi connectivity index (χ0n) is 9.02. The molecular formula is C11H6F4O2S. The number of halogens is 4. The molecule has 0 atom stereocenters. The van der Waals surface area contributed by atoms with Gasteiger partial charge in [0, 0.05) is 5.39 Å². The van der Waals surface area contributed by atoms with E-state index in [1.165, 1.54) is 0 Å². The van der Waals surface area contributed by atoms with Crippen LogP contribution in [0.1, 0.15) is 16.6 Å². The molecule has 18 heavy (non-hydrogen) atoms. The number of hydrogen-bond donors (Lipinski definition) is 0. The van der Waals surface area contributed by atoms with E-state index in [-0.39, 0.29) is 11.5 Å². The Hall–Kier alpha value is -1.63. The molecule has 1 aromatic carbocycles. The van der Waals surface area contributed by atoms with Gasteiger partial charge in [-0.25, -0.2) is 22.4 Å². The molecule has 0 saturated carbocycles. The van der Waals surface area contributed by atoms with Crippen molar-refractivity contribution in [3.63, 3.8) is 0 Å². The van der Waals surface area contributed by atoms with Gasteiger partial charge in [0.15, 0.2) is 23.3 Å². The first-order valence-electron chi connectivity index (χ1n) is 4.90. The summed E-state index contributed by atoms with van der Waals surface area (Å²) >= 11 is 0.513. The van der Waals surface area contributed by atoms with Crippen LogP contribution in [0.3, 0.4) is 0 Å². The SMILES string of the molecule is CCOC(=O)c1cc2c(F)c(F)c(F)c(F)c2s1. The number of fused-ring (bicyclic) bond motifs is 1. The van der Waals surface area contributed by atoms with Gasteiger partial charge in [0.25, 0.3) is 0 Å². The smallest absolute Gasteiger partial charge is 0.348 e. The third-order valence-corrected chi connectivity index (χ3v) is 3.33. The van der Waals surface area contributed by atoms with Crippen LogP contribution in [0.15, 0.2) is 6.07 Å². The van der Waals surface area contributed by atoms with Gasteiger partial charge in [-0.05, 0) is 13.0 Å². The molecule has 2 rings (SSSR count). The topological polar surface area (TPSA) is 26.3 Å². The Morgan fingerprint density at radius 2 is 1.78 bits per heavy atom. The summed E-state index contributed by atoms with van der Waals surface area (Å²) in [6.07, 6.45) is 0. The number of thiophene rings is 1. The van der Waals surface area contributed by atoms with Gasteiger partial charge in [-0.3, -0.25) is 0 Å². The summed E-state index contributed by atoms with van der Waals surface area (Å²) in [4.78, 5) is 11.2. The Labute approximate surface area is 103 Å². The van der Waals surface area contributed by atoms with Crippen molar-refractivity contribution in [1.29, 1.82) is 0 Å². The van der Waals surface area contributed by atoms with E-state index in [9.17, 15) is 22.4 Å². The molecule has 0 aliphatic rings. The van der Waals surface area contributed by atoms with Crippen LogP contribution < -0.4 is 0 Å². The van der Waals surface area contributed by atoms with E-state index in [1.807, 2.05) is 0 Å². The van der Waals surface area contributed by atoms with Crippen LogP contribution in [-0.4, -0.2) is 12.6 Å². The summed E-state index contributed by atoms with van der Waals surface area (Å²) in [5, 5.41) is -0.473. The second kappa shape index (κ2) is 4.56. The highest BCUT2D eigenvalue weighted by Gasteiger charge is 2.24. The van der Waals surface area contributed by atoms with Gasteiger partial charge in [-0.2, -0.15) is 0 Å². The van der Waals surface area contributed by atoms with Crippen LogP contribution in [0.5, 0.6) is 0 Å². The number of benzene rings is 1. The fraction of sp³-hybridized carbons (Fsp3) is 0.182. The van der Waals surface area contributed by atoms with E-state index in [0.717, 1.165) is 6.07 Å². The molecule has 1 aromatic heterocycles. The van der Waals surface area contributed by atoms with Gasteiger partial charge < -0.3 is 4.74 Å². The molecule has 0 aliphatic heterocycles. The summed E-state index contributed by atoms with van der Waals surface area (Å²) in [7, 11) is 0. The minimum atomic E-state index is -1.90. The standard InChI is InChI=1S/C11H6F4O2S/c1-2-17-11(16)5-3-4-6(12)7(13)8(14)9(15)10(4)18-5/h3H,2H2,1H3. The molecule has 7 heteroatoms. The van der Waals surface area contributed by atoms with Gasteiger partial charge in [0.2, 0.25) is 0 Å². The van der Waals surface area contributed by atoms with Gasteiger partial charge in [0.05, 0.1) is 11.3 Å². The molecule has 0 bridgehead atoms. The fourth-order valence-electron chi connectivity index (χ4n) is 1.43. The minimum Gasteiger partial charge on any atom is -0.462 e. The molecule has 0 aliphatic carbocycles. The largest absolute Gasteiger partial charge is 0.462 e. The highest BCUT2D eigenvalue weighted by Crippen LogP contribution is 2.33. The summed E-state index contributed by atoms with van der Waals surface area (Å²) in [6.45, 7) is 1.65. The maximum atomic E-state index is 13.4. The second-order valence-corrected chi connectivity index (χ2v) is 4.38. The lowest BCUT2D eigenvalue weighted by molar-refractivity contribution is 0.0532. The van der Waals surface area contributed by atoms with E-state index >= 15 is 0 Å². The zero-order valence-corrected chi connectivity index (χ0v) is 9.84. The van der Waals surface area contributed by atoms with Crippen molar-refractivity contribution < 1.29 is 27.1 Å². The average molecular weight is 278 g/mol. The molecular weight excluding hydrogens is 272 g/mol. The normalized spacial score (nSPS) is 10.9. The first-order valence-corrected chi connectivity index (χ1v) is 5.71. The molecule has 0 unspecified atom stereocenters. The maximum Gasteiger partial charge on any atom is 0.348 e. The molecule has 0 radical (unpaired) electrons. The molecule has 0 spiro atoms. The van der Waals surface area contributed by atoms with Crippen LogP contribution in [0.4, 0.5) is 17.6 Å². The van der Waals surface area contributed by atoms with E-state index in [2.05, 4.69) is 4.74 Å². The summed E-state index contributed by atoms with van der Waals surface area (Å²) in [5.74, 6) is -7.61. The van der Waals surface area contributed by atoms with E-state index in [4.69, 9.17) is 0 Å². The van der Waals surface area contributed by atoms with E-state index in [0.29, 0.717) is 11.3 Å². The lowest BCUT2D eigenvalue weighted by Gasteiger charge is -1.98. The third kappa shape index (κ3) is 1.84. The lowest BCUT2D eigenvalue weighted by Crippen LogP contribution is -2.01. The number of rotatable bonds is 2. The molecule has 2 aromatic rings. The van der Waals surface area contributed by atoms with Crippen LogP contribution in [0.2, 0.25) is 0 Å². The van der Waals surface area contributed by atoms with Crippen molar-refractivity contribution in [3.05, 3.63) is 34.2 Å². The predicted octanol–water partition coefficient (Wildman–Crippen LogP) is 3.63. The summed E-state index contributed by atoms with van der Waals surface area (Å²) in [5.41, 5.74) is 0. The first kappa shape index (κ1) is 12.8. The highest BCUT2D eigenvalue weighted by molar-refractivity contribution is 7.20.